The van der Waals surface area contributed by atoms with Crippen molar-refractivity contribution < 1.29 is 0 Å². The minimum absolute atomic E-state index is 0.0450. The largest absolute Gasteiger partial charge is 0.310 e. The number of aromatic nitrogens is 2. The summed E-state index contributed by atoms with van der Waals surface area (Å²) in [4.78, 5) is 26.4. The molecule has 3 aromatic rings. The molecule has 0 spiro atoms. The van der Waals surface area contributed by atoms with Gasteiger partial charge in [-0.1, -0.05) is 13.0 Å². The first-order chi connectivity index (χ1) is 12.2. The van der Waals surface area contributed by atoms with Crippen LogP contribution in [0.4, 0.5) is 0 Å². The number of aryl methyl sites for hydroxylation is 1. The van der Waals surface area contributed by atoms with E-state index in [0.717, 1.165) is 49.4 Å². The van der Waals surface area contributed by atoms with E-state index in [9.17, 15) is 4.79 Å². The molecule has 0 radical (unpaired) electrons. The fraction of sp³-hybridized carbons (Fsp3) is 0.368. The Morgan fingerprint density at radius 2 is 2.20 bits per heavy atom. The first-order valence-electron chi connectivity index (χ1n) is 8.69. The van der Waals surface area contributed by atoms with E-state index < -0.39 is 0 Å². The number of H-pyrrole nitrogens is 1. The van der Waals surface area contributed by atoms with E-state index in [4.69, 9.17) is 0 Å². The Labute approximate surface area is 155 Å². The van der Waals surface area contributed by atoms with Crippen molar-refractivity contribution in [1.82, 2.24) is 14.9 Å². The van der Waals surface area contributed by atoms with E-state index in [1.807, 2.05) is 11.3 Å². The van der Waals surface area contributed by atoms with E-state index in [0.29, 0.717) is 6.54 Å². The van der Waals surface area contributed by atoms with Gasteiger partial charge in [-0.3, -0.25) is 9.69 Å². The van der Waals surface area contributed by atoms with Crippen LogP contribution in [0.1, 0.15) is 35.3 Å². The summed E-state index contributed by atoms with van der Waals surface area (Å²) in [5.41, 5.74) is 1.89. The molecule has 25 heavy (non-hydrogen) atoms. The van der Waals surface area contributed by atoms with Crippen LogP contribution in [0.2, 0.25) is 0 Å². The SMILES string of the molecule is CCCc1nc2c(c(=O)[nH]1)CN(Cc1ccc(-c3cccs3)s1)CC2. The molecule has 4 heterocycles. The van der Waals surface area contributed by atoms with Crippen molar-refractivity contribution in [2.45, 2.75) is 39.3 Å². The van der Waals surface area contributed by atoms with E-state index >= 15 is 0 Å². The van der Waals surface area contributed by atoms with Gasteiger partial charge in [0.25, 0.3) is 5.56 Å². The summed E-state index contributed by atoms with van der Waals surface area (Å²) in [6.07, 6.45) is 2.70. The Hall–Kier alpha value is -1.76. The Morgan fingerprint density at radius 3 is 3.00 bits per heavy atom. The normalized spacial score (nSPS) is 14.6. The molecule has 0 saturated carbocycles. The highest BCUT2D eigenvalue weighted by molar-refractivity contribution is 7.21. The minimum Gasteiger partial charge on any atom is -0.310 e. The van der Waals surface area contributed by atoms with Crippen LogP contribution < -0.4 is 5.56 Å². The van der Waals surface area contributed by atoms with Crippen LogP contribution in [0.3, 0.4) is 0 Å². The first-order valence-corrected chi connectivity index (χ1v) is 10.4. The van der Waals surface area contributed by atoms with Gasteiger partial charge in [-0.05, 0) is 30.0 Å². The van der Waals surface area contributed by atoms with E-state index in [-0.39, 0.29) is 5.56 Å². The minimum atomic E-state index is 0.0450. The lowest BCUT2D eigenvalue weighted by atomic mass is 10.1. The summed E-state index contributed by atoms with van der Waals surface area (Å²) in [6, 6.07) is 8.67. The molecule has 0 aliphatic carbocycles. The number of nitrogens with one attached hydrogen (secondary N) is 1. The van der Waals surface area contributed by atoms with Crippen molar-refractivity contribution in [3.8, 4) is 9.75 Å². The van der Waals surface area contributed by atoms with Crippen LogP contribution in [-0.2, 0) is 25.9 Å². The molecule has 0 fully saturated rings. The molecule has 3 aromatic heterocycles. The number of thiophene rings is 2. The number of nitrogens with zero attached hydrogens (tertiary/aromatic N) is 2. The van der Waals surface area contributed by atoms with Crippen molar-refractivity contribution in [1.29, 1.82) is 0 Å². The first kappa shape index (κ1) is 16.7. The Morgan fingerprint density at radius 1 is 1.28 bits per heavy atom. The van der Waals surface area contributed by atoms with Crippen LogP contribution in [0.5, 0.6) is 0 Å². The predicted octanol–water partition coefficient (Wildman–Crippen LogP) is 4.07. The van der Waals surface area contributed by atoms with Crippen molar-refractivity contribution >= 4 is 22.7 Å². The summed E-state index contributed by atoms with van der Waals surface area (Å²) in [5, 5.41) is 2.11. The molecule has 0 amide bonds. The van der Waals surface area contributed by atoms with Gasteiger partial charge in [-0.25, -0.2) is 4.98 Å². The Bertz CT molecular complexity index is 911. The highest BCUT2D eigenvalue weighted by atomic mass is 32.1. The molecule has 0 bridgehead atoms. The fourth-order valence-corrected chi connectivity index (χ4v) is 5.14. The number of hydrogen-bond donors (Lipinski definition) is 1. The number of fused-ring (bicyclic) bond motifs is 1. The molecular formula is C19H21N3OS2. The monoisotopic (exact) mass is 371 g/mol. The van der Waals surface area contributed by atoms with Gasteiger partial charge in [0.05, 0.1) is 11.3 Å². The van der Waals surface area contributed by atoms with Gasteiger partial charge in [0.1, 0.15) is 5.82 Å². The topological polar surface area (TPSA) is 49.0 Å². The second-order valence-corrected chi connectivity index (χ2v) is 8.51. The zero-order chi connectivity index (χ0) is 17.2. The van der Waals surface area contributed by atoms with Gasteiger partial charge in [0.15, 0.2) is 0 Å². The van der Waals surface area contributed by atoms with Gasteiger partial charge >= 0.3 is 0 Å². The lowest BCUT2D eigenvalue weighted by Crippen LogP contribution is -2.35. The summed E-state index contributed by atoms with van der Waals surface area (Å²) >= 11 is 3.62. The van der Waals surface area contributed by atoms with Crippen molar-refractivity contribution in [3.05, 3.63) is 62.0 Å². The van der Waals surface area contributed by atoms with Gasteiger partial charge < -0.3 is 4.98 Å². The molecular weight excluding hydrogens is 350 g/mol. The summed E-state index contributed by atoms with van der Waals surface area (Å²) in [5.74, 6) is 0.832. The lowest BCUT2D eigenvalue weighted by Gasteiger charge is -2.27. The highest BCUT2D eigenvalue weighted by Gasteiger charge is 2.21. The molecule has 1 aliphatic rings. The maximum Gasteiger partial charge on any atom is 0.255 e. The maximum atomic E-state index is 12.4. The predicted molar refractivity (Wildman–Crippen MR) is 104 cm³/mol. The van der Waals surface area contributed by atoms with E-state index in [1.165, 1.54) is 14.6 Å². The molecule has 0 unspecified atom stereocenters. The van der Waals surface area contributed by atoms with E-state index in [2.05, 4.69) is 51.4 Å². The van der Waals surface area contributed by atoms with Crippen LogP contribution in [0, 0.1) is 0 Å². The molecule has 0 atom stereocenters. The molecule has 0 aromatic carbocycles. The van der Waals surface area contributed by atoms with Crippen molar-refractivity contribution in [3.63, 3.8) is 0 Å². The standard InChI is InChI=1S/C19H21N3OS2/c1-2-4-18-20-15-8-9-22(12-14(15)19(23)21-18)11-13-6-7-17(25-13)16-5-3-10-24-16/h3,5-7,10H,2,4,8-9,11-12H2,1H3,(H,20,21,23). The molecule has 1 aliphatic heterocycles. The van der Waals surface area contributed by atoms with Crippen LogP contribution in [0.15, 0.2) is 34.4 Å². The van der Waals surface area contributed by atoms with Gasteiger partial charge in [-0.2, -0.15) is 0 Å². The second-order valence-electron chi connectivity index (χ2n) is 6.39. The van der Waals surface area contributed by atoms with Crippen LogP contribution in [-0.4, -0.2) is 21.4 Å². The average molecular weight is 372 g/mol. The molecule has 4 nitrogen and oxygen atoms in total. The summed E-state index contributed by atoms with van der Waals surface area (Å²) < 4.78 is 0. The molecule has 130 valence electrons. The number of rotatable bonds is 5. The number of hydrogen-bond acceptors (Lipinski definition) is 5. The fourth-order valence-electron chi connectivity index (χ4n) is 3.26. The van der Waals surface area contributed by atoms with Gasteiger partial charge in [0.2, 0.25) is 0 Å². The zero-order valence-corrected chi connectivity index (χ0v) is 15.9. The third kappa shape index (κ3) is 3.61. The smallest absolute Gasteiger partial charge is 0.255 e. The summed E-state index contributed by atoms with van der Waals surface area (Å²) in [7, 11) is 0. The van der Waals surface area contributed by atoms with Crippen LogP contribution >= 0.6 is 22.7 Å². The third-order valence-electron chi connectivity index (χ3n) is 4.49. The van der Waals surface area contributed by atoms with Gasteiger partial charge in [-0.15, -0.1) is 22.7 Å². The lowest BCUT2D eigenvalue weighted by molar-refractivity contribution is 0.243. The maximum absolute atomic E-state index is 12.4. The highest BCUT2D eigenvalue weighted by Crippen LogP contribution is 2.32. The molecule has 1 N–H and O–H groups in total. The second kappa shape index (κ2) is 7.23. The summed E-state index contributed by atoms with van der Waals surface area (Å²) in [6.45, 7) is 4.65. The van der Waals surface area contributed by atoms with Crippen LogP contribution in [0.25, 0.3) is 9.75 Å². The molecule has 4 rings (SSSR count). The quantitative estimate of drug-likeness (QED) is 0.735. The van der Waals surface area contributed by atoms with Crippen molar-refractivity contribution in [2.75, 3.05) is 6.54 Å². The van der Waals surface area contributed by atoms with Crippen molar-refractivity contribution in [2.24, 2.45) is 0 Å². The van der Waals surface area contributed by atoms with Gasteiger partial charge in [0, 0.05) is 47.1 Å². The molecule has 6 heteroatoms. The Balaban J connectivity index is 1.49. The Kier molecular flexibility index (Phi) is 4.83. The third-order valence-corrected chi connectivity index (χ3v) is 6.62. The van der Waals surface area contributed by atoms with E-state index in [1.54, 1.807) is 11.3 Å². The average Bonchev–Trinajstić information content (AvgIpc) is 3.27. The number of aromatic amines is 1. The zero-order valence-electron chi connectivity index (χ0n) is 14.2. The molecule has 0 saturated heterocycles.